The molecular formula is C14H21Cl2N2O4-. The number of nitrogens with two attached hydrogens (primary N) is 1. The summed E-state index contributed by atoms with van der Waals surface area (Å²) in [6.07, 6.45) is 0. The lowest BCUT2D eigenvalue weighted by Gasteiger charge is -2.24. The van der Waals surface area contributed by atoms with Crippen LogP contribution < -0.4 is 32.9 Å². The van der Waals surface area contributed by atoms with Crippen LogP contribution in [-0.2, 0) is 11.3 Å². The normalized spacial score (nSPS) is 10.8. The van der Waals surface area contributed by atoms with Crippen LogP contribution in [-0.4, -0.2) is 36.9 Å². The molecule has 0 aromatic heterocycles. The third-order valence-electron chi connectivity index (χ3n) is 2.81. The Labute approximate surface area is 141 Å². The topological polar surface area (TPSA) is 93.8 Å². The first-order valence-corrected chi connectivity index (χ1v) is 6.80. The van der Waals surface area contributed by atoms with Crippen molar-refractivity contribution in [2.24, 2.45) is 5.73 Å². The molecular weight excluding hydrogens is 331 g/mol. The van der Waals surface area contributed by atoms with Crippen LogP contribution in [0.2, 0.25) is 5.02 Å². The maximum Gasteiger partial charge on any atom is 0.255 e. The lowest BCUT2D eigenvalue weighted by molar-refractivity contribution is -0.119. The predicted octanol–water partition coefficient (Wildman–Crippen LogP) is -1.92. The van der Waals surface area contributed by atoms with E-state index in [1.165, 1.54) is 7.11 Å². The van der Waals surface area contributed by atoms with Gasteiger partial charge in [0.1, 0.15) is 0 Å². The number of carbonyl (C=O) groups excluding carboxylic acids is 1. The quantitative estimate of drug-likeness (QED) is 0.507. The lowest BCUT2D eigenvalue weighted by atomic mass is 10.1. The first-order valence-electron chi connectivity index (χ1n) is 6.42. The van der Waals surface area contributed by atoms with Crippen LogP contribution in [0.25, 0.3) is 0 Å². The second kappa shape index (κ2) is 9.05. The van der Waals surface area contributed by atoms with Gasteiger partial charge in [-0.15, -0.1) is 0 Å². The number of aliphatic hydroxyl groups excluding tert-OH is 1. The Bertz CT molecular complexity index is 510. The van der Waals surface area contributed by atoms with Crippen LogP contribution in [0, 0.1) is 0 Å². The van der Waals surface area contributed by atoms with Crippen LogP contribution in [0.1, 0.15) is 19.4 Å². The van der Waals surface area contributed by atoms with E-state index in [-0.39, 0.29) is 31.4 Å². The SMILES string of the molecule is COc1cc(CNC(C)(C)CO)cc(Cl)c1OCC(N)=O.[Cl-]. The van der Waals surface area contributed by atoms with Gasteiger partial charge in [-0.3, -0.25) is 4.79 Å². The second-order valence-corrected chi connectivity index (χ2v) is 5.67. The molecule has 1 aromatic carbocycles. The molecule has 0 heterocycles. The molecule has 1 aromatic rings. The van der Waals surface area contributed by atoms with Crippen LogP contribution >= 0.6 is 11.6 Å². The van der Waals surface area contributed by atoms with E-state index in [0.29, 0.717) is 17.3 Å². The number of rotatable bonds is 8. The Balaban J connectivity index is 0.00000441. The fourth-order valence-electron chi connectivity index (χ4n) is 1.56. The summed E-state index contributed by atoms with van der Waals surface area (Å²) in [7, 11) is 1.48. The standard InChI is InChI=1S/C14H21ClN2O4.ClH/c1-14(2,8-18)17-6-9-4-10(15)13(11(5-9)20-3)21-7-12(16)19;/h4-5,17-18H,6-8H2,1-3H3,(H2,16,19);1H/p-1. The fraction of sp³-hybridized carbons (Fsp3) is 0.500. The number of primary amides is 1. The largest absolute Gasteiger partial charge is 1.00 e. The van der Waals surface area contributed by atoms with Gasteiger partial charge in [-0.05, 0) is 31.5 Å². The van der Waals surface area contributed by atoms with Crippen molar-refractivity contribution in [1.82, 2.24) is 5.32 Å². The highest BCUT2D eigenvalue weighted by Gasteiger charge is 2.17. The van der Waals surface area contributed by atoms with E-state index in [1.54, 1.807) is 12.1 Å². The van der Waals surface area contributed by atoms with Gasteiger partial charge >= 0.3 is 0 Å². The number of methoxy groups -OCH3 is 1. The summed E-state index contributed by atoms with van der Waals surface area (Å²) in [4.78, 5) is 10.8. The molecule has 0 atom stereocenters. The number of hydrogen-bond donors (Lipinski definition) is 3. The molecule has 0 fully saturated rings. The van der Waals surface area contributed by atoms with Crippen LogP contribution in [0.4, 0.5) is 0 Å². The zero-order valence-corrected chi connectivity index (χ0v) is 14.3. The molecule has 0 aliphatic carbocycles. The predicted molar refractivity (Wildman–Crippen MR) is 80.7 cm³/mol. The summed E-state index contributed by atoms with van der Waals surface area (Å²) in [5, 5.41) is 12.7. The summed E-state index contributed by atoms with van der Waals surface area (Å²) in [5.41, 5.74) is 5.50. The maximum atomic E-state index is 10.8. The van der Waals surface area contributed by atoms with Crippen molar-refractivity contribution in [2.75, 3.05) is 20.3 Å². The van der Waals surface area contributed by atoms with E-state index < -0.39 is 11.4 Å². The van der Waals surface area contributed by atoms with Crippen molar-refractivity contribution in [2.45, 2.75) is 25.9 Å². The Kier molecular flexibility index (Phi) is 8.55. The molecule has 1 amide bonds. The Hall–Kier alpha value is -1.21. The zero-order chi connectivity index (χ0) is 16.0. The van der Waals surface area contributed by atoms with E-state index in [4.69, 9.17) is 26.8 Å². The minimum atomic E-state index is -0.594. The van der Waals surface area contributed by atoms with E-state index in [2.05, 4.69) is 5.32 Å². The molecule has 0 bridgehead atoms. The van der Waals surface area contributed by atoms with Gasteiger partial charge in [0.15, 0.2) is 18.1 Å². The summed E-state index contributed by atoms with van der Waals surface area (Å²) < 4.78 is 10.5. The van der Waals surface area contributed by atoms with E-state index >= 15 is 0 Å². The molecule has 8 heteroatoms. The first kappa shape index (κ1) is 20.8. The molecule has 126 valence electrons. The monoisotopic (exact) mass is 351 g/mol. The summed E-state index contributed by atoms with van der Waals surface area (Å²) >= 11 is 6.15. The minimum absolute atomic E-state index is 0. The van der Waals surface area contributed by atoms with Gasteiger partial charge in [-0.25, -0.2) is 0 Å². The number of amides is 1. The van der Waals surface area contributed by atoms with Gasteiger partial charge in [-0.1, -0.05) is 11.6 Å². The number of hydrogen-bond acceptors (Lipinski definition) is 5. The highest BCUT2D eigenvalue weighted by Crippen LogP contribution is 2.36. The van der Waals surface area contributed by atoms with E-state index in [1.807, 2.05) is 13.8 Å². The third-order valence-corrected chi connectivity index (χ3v) is 3.10. The van der Waals surface area contributed by atoms with Gasteiger partial charge in [0, 0.05) is 12.1 Å². The minimum Gasteiger partial charge on any atom is -1.00 e. The molecule has 6 nitrogen and oxygen atoms in total. The lowest BCUT2D eigenvalue weighted by Crippen LogP contribution is -3.00. The van der Waals surface area contributed by atoms with E-state index in [9.17, 15) is 9.90 Å². The van der Waals surface area contributed by atoms with E-state index in [0.717, 1.165) is 5.56 Å². The van der Waals surface area contributed by atoms with Gasteiger partial charge in [0.2, 0.25) is 0 Å². The van der Waals surface area contributed by atoms with Crippen molar-refractivity contribution in [3.8, 4) is 11.5 Å². The number of benzene rings is 1. The smallest absolute Gasteiger partial charge is 0.255 e. The van der Waals surface area contributed by atoms with Gasteiger partial charge in [0.25, 0.3) is 5.91 Å². The molecule has 1 rings (SSSR count). The molecule has 0 radical (unpaired) electrons. The fourth-order valence-corrected chi connectivity index (χ4v) is 1.84. The van der Waals surface area contributed by atoms with Gasteiger partial charge in [0.05, 0.1) is 18.7 Å². The number of carbonyl (C=O) groups is 1. The summed E-state index contributed by atoms with van der Waals surface area (Å²) in [5.74, 6) is 0.106. The van der Waals surface area contributed by atoms with Gasteiger partial charge in [-0.2, -0.15) is 0 Å². The third kappa shape index (κ3) is 6.27. The number of aliphatic hydroxyl groups is 1. The van der Waals surface area contributed by atoms with Crippen molar-refractivity contribution >= 4 is 17.5 Å². The van der Waals surface area contributed by atoms with Crippen molar-refractivity contribution in [3.63, 3.8) is 0 Å². The molecule has 4 N–H and O–H groups in total. The Morgan fingerprint density at radius 2 is 2.09 bits per heavy atom. The second-order valence-electron chi connectivity index (χ2n) is 5.26. The molecule has 0 saturated carbocycles. The molecule has 0 unspecified atom stereocenters. The first-order chi connectivity index (χ1) is 9.79. The highest BCUT2D eigenvalue weighted by atomic mass is 35.5. The maximum absolute atomic E-state index is 10.8. The van der Waals surface area contributed by atoms with Crippen molar-refractivity contribution in [1.29, 1.82) is 0 Å². The van der Waals surface area contributed by atoms with Crippen LogP contribution in [0.15, 0.2) is 12.1 Å². The molecule has 0 saturated heterocycles. The number of ether oxygens (including phenoxy) is 2. The highest BCUT2D eigenvalue weighted by molar-refractivity contribution is 6.32. The summed E-state index contributed by atoms with van der Waals surface area (Å²) in [6, 6.07) is 3.46. The number of halogens is 2. The molecule has 22 heavy (non-hydrogen) atoms. The summed E-state index contributed by atoms with van der Waals surface area (Å²) in [6.45, 7) is 4.01. The average molecular weight is 352 g/mol. The van der Waals surface area contributed by atoms with Crippen molar-refractivity contribution < 1.29 is 31.8 Å². The van der Waals surface area contributed by atoms with Gasteiger partial charge < -0.3 is 38.0 Å². The average Bonchev–Trinajstić information content (AvgIpc) is 2.43. The molecule has 0 aliphatic heterocycles. The van der Waals surface area contributed by atoms with Crippen LogP contribution in [0.5, 0.6) is 11.5 Å². The Morgan fingerprint density at radius 1 is 1.45 bits per heavy atom. The van der Waals surface area contributed by atoms with Crippen LogP contribution in [0.3, 0.4) is 0 Å². The van der Waals surface area contributed by atoms with Crippen molar-refractivity contribution in [3.05, 3.63) is 22.7 Å². The zero-order valence-electron chi connectivity index (χ0n) is 12.8. The number of nitrogens with one attached hydrogen (secondary N) is 1. The Morgan fingerprint density at radius 3 is 2.59 bits per heavy atom. The molecule has 0 spiro atoms. The molecule has 0 aliphatic rings.